The van der Waals surface area contributed by atoms with E-state index in [0.717, 1.165) is 12.8 Å². The highest BCUT2D eigenvalue weighted by atomic mass is 32.2. The zero-order valence-corrected chi connectivity index (χ0v) is 12.1. The first kappa shape index (κ1) is 14.9. The van der Waals surface area contributed by atoms with Crippen molar-refractivity contribution in [1.82, 2.24) is 4.31 Å². The summed E-state index contributed by atoms with van der Waals surface area (Å²) >= 11 is 0. The molecule has 1 rings (SSSR count). The molecule has 17 heavy (non-hydrogen) atoms. The lowest BCUT2D eigenvalue weighted by Gasteiger charge is -2.33. The number of sulfonamides is 1. The average Bonchev–Trinajstić information content (AvgIpc) is 3.00. The van der Waals surface area contributed by atoms with E-state index in [9.17, 15) is 13.5 Å². The molecule has 102 valence electrons. The van der Waals surface area contributed by atoms with Crippen LogP contribution in [0.5, 0.6) is 0 Å². The van der Waals surface area contributed by atoms with Crippen LogP contribution >= 0.6 is 0 Å². The first-order chi connectivity index (χ1) is 7.80. The van der Waals surface area contributed by atoms with Gasteiger partial charge in [-0.05, 0) is 38.5 Å². The highest BCUT2D eigenvalue weighted by Gasteiger charge is 2.37. The van der Waals surface area contributed by atoms with E-state index in [4.69, 9.17) is 0 Å². The molecule has 1 atom stereocenters. The maximum atomic E-state index is 12.3. The molecule has 0 unspecified atom stereocenters. The average molecular weight is 263 g/mol. The summed E-state index contributed by atoms with van der Waals surface area (Å²) in [6, 6.07) is -0.289. The number of hydrogen-bond donors (Lipinski definition) is 1. The van der Waals surface area contributed by atoms with Crippen LogP contribution < -0.4 is 0 Å². The smallest absolute Gasteiger partial charge is 0.216 e. The number of aliphatic hydroxyl groups excluding tert-OH is 1. The van der Waals surface area contributed by atoms with Gasteiger partial charge in [0.15, 0.2) is 0 Å². The largest absolute Gasteiger partial charge is 0.395 e. The Hall–Kier alpha value is -0.130. The summed E-state index contributed by atoms with van der Waals surface area (Å²) in [7, 11) is -3.28. The molecule has 5 heteroatoms. The summed E-state index contributed by atoms with van der Waals surface area (Å²) in [6.45, 7) is 7.78. The zero-order chi connectivity index (χ0) is 13.2. The molecular weight excluding hydrogens is 238 g/mol. The van der Waals surface area contributed by atoms with Crippen LogP contribution in [0.3, 0.4) is 0 Å². The molecule has 4 nitrogen and oxygen atoms in total. The fourth-order valence-electron chi connectivity index (χ4n) is 1.89. The van der Waals surface area contributed by atoms with E-state index < -0.39 is 15.3 Å². The number of nitrogens with zero attached hydrogens (tertiary/aromatic N) is 1. The van der Waals surface area contributed by atoms with Gasteiger partial charge in [0, 0.05) is 6.54 Å². The summed E-state index contributed by atoms with van der Waals surface area (Å²) < 4.78 is 26.2. The predicted octanol–water partition coefficient (Wildman–Crippen LogP) is 1.45. The molecule has 1 aliphatic carbocycles. The molecule has 0 aromatic carbocycles. The van der Waals surface area contributed by atoms with Gasteiger partial charge in [0.2, 0.25) is 10.0 Å². The van der Waals surface area contributed by atoms with E-state index in [1.807, 2.05) is 13.8 Å². The van der Waals surface area contributed by atoms with E-state index in [-0.39, 0.29) is 18.6 Å². The fourth-order valence-corrected chi connectivity index (χ4v) is 3.54. The summed E-state index contributed by atoms with van der Waals surface area (Å²) in [6.07, 6.45) is 2.22. The lowest BCUT2D eigenvalue weighted by atomic mass is 10.1. The van der Waals surface area contributed by atoms with Crippen LogP contribution in [0.25, 0.3) is 0 Å². The minimum absolute atomic E-state index is 0.101. The van der Waals surface area contributed by atoms with Crippen molar-refractivity contribution in [2.75, 3.05) is 13.2 Å². The molecule has 0 saturated heterocycles. The first-order valence-corrected chi connectivity index (χ1v) is 7.92. The summed E-state index contributed by atoms with van der Waals surface area (Å²) in [5, 5.41) is 9.02. The monoisotopic (exact) mass is 263 g/mol. The van der Waals surface area contributed by atoms with Crippen molar-refractivity contribution in [2.24, 2.45) is 11.8 Å². The Kier molecular flexibility index (Phi) is 4.98. The van der Waals surface area contributed by atoms with Gasteiger partial charge < -0.3 is 5.11 Å². The number of hydrogen-bond acceptors (Lipinski definition) is 3. The van der Waals surface area contributed by atoms with Crippen molar-refractivity contribution in [3.8, 4) is 0 Å². The van der Waals surface area contributed by atoms with Crippen LogP contribution in [0.2, 0.25) is 0 Å². The topological polar surface area (TPSA) is 57.6 Å². The van der Waals surface area contributed by atoms with Gasteiger partial charge in [-0.1, -0.05) is 13.8 Å². The third kappa shape index (κ3) is 3.66. The molecule has 1 saturated carbocycles. The molecule has 0 heterocycles. The van der Waals surface area contributed by atoms with E-state index >= 15 is 0 Å². The highest BCUT2D eigenvalue weighted by Crippen LogP contribution is 2.32. The van der Waals surface area contributed by atoms with Crippen molar-refractivity contribution < 1.29 is 13.5 Å². The SMILES string of the molecule is CC(C)[C@@H](CO)N(CC1CC1)S(=O)(=O)C(C)C. The lowest BCUT2D eigenvalue weighted by Crippen LogP contribution is -2.48. The Morgan fingerprint density at radius 3 is 2.06 bits per heavy atom. The van der Waals surface area contributed by atoms with E-state index in [1.54, 1.807) is 18.2 Å². The van der Waals surface area contributed by atoms with Gasteiger partial charge in [0.1, 0.15) is 0 Å². The fraction of sp³-hybridized carbons (Fsp3) is 1.00. The lowest BCUT2D eigenvalue weighted by molar-refractivity contribution is 0.148. The van der Waals surface area contributed by atoms with Crippen LogP contribution in [0.4, 0.5) is 0 Å². The van der Waals surface area contributed by atoms with Crippen molar-refractivity contribution in [1.29, 1.82) is 0 Å². The Balaban J connectivity index is 2.92. The maximum Gasteiger partial charge on any atom is 0.216 e. The Morgan fingerprint density at radius 1 is 1.24 bits per heavy atom. The van der Waals surface area contributed by atoms with Gasteiger partial charge in [-0.3, -0.25) is 0 Å². The van der Waals surface area contributed by atoms with Crippen LogP contribution in [0.15, 0.2) is 0 Å². The molecular formula is C12H25NO3S. The molecule has 1 N–H and O–H groups in total. The van der Waals surface area contributed by atoms with Crippen molar-refractivity contribution >= 4 is 10.0 Å². The third-order valence-corrected chi connectivity index (χ3v) is 5.65. The van der Waals surface area contributed by atoms with Gasteiger partial charge in [-0.25, -0.2) is 8.42 Å². The third-order valence-electron chi connectivity index (χ3n) is 3.38. The van der Waals surface area contributed by atoms with Gasteiger partial charge in [-0.15, -0.1) is 0 Å². The minimum Gasteiger partial charge on any atom is -0.395 e. The second-order valence-corrected chi connectivity index (χ2v) is 8.04. The summed E-state index contributed by atoms with van der Waals surface area (Å²) in [5.41, 5.74) is 0. The second kappa shape index (κ2) is 5.67. The van der Waals surface area contributed by atoms with Gasteiger partial charge >= 0.3 is 0 Å². The van der Waals surface area contributed by atoms with Crippen LogP contribution in [0.1, 0.15) is 40.5 Å². The number of rotatable bonds is 7. The van der Waals surface area contributed by atoms with Crippen LogP contribution in [-0.2, 0) is 10.0 Å². The van der Waals surface area contributed by atoms with Gasteiger partial charge in [0.25, 0.3) is 0 Å². The number of aliphatic hydroxyl groups is 1. The Morgan fingerprint density at radius 2 is 1.76 bits per heavy atom. The molecule has 0 aliphatic heterocycles. The van der Waals surface area contributed by atoms with Crippen LogP contribution in [0, 0.1) is 11.8 Å². The van der Waals surface area contributed by atoms with E-state index in [2.05, 4.69) is 0 Å². The molecule has 0 amide bonds. The zero-order valence-electron chi connectivity index (χ0n) is 11.3. The van der Waals surface area contributed by atoms with E-state index in [1.165, 1.54) is 0 Å². The Bertz CT molecular complexity index is 334. The van der Waals surface area contributed by atoms with Crippen molar-refractivity contribution in [2.45, 2.75) is 51.8 Å². The van der Waals surface area contributed by atoms with Crippen LogP contribution in [-0.4, -0.2) is 42.3 Å². The molecule has 0 radical (unpaired) electrons. The summed E-state index contributed by atoms with van der Waals surface area (Å²) in [5.74, 6) is 0.628. The maximum absolute atomic E-state index is 12.3. The van der Waals surface area contributed by atoms with Gasteiger partial charge in [0.05, 0.1) is 17.9 Å². The molecule has 1 fully saturated rings. The van der Waals surface area contributed by atoms with Crippen molar-refractivity contribution in [3.05, 3.63) is 0 Å². The minimum atomic E-state index is -3.28. The highest BCUT2D eigenvalue weighted by molar-refractivity contribution is 7.89. The summed E-state index contributed by atoms with van der Waals surface area (Å²) in [4.78, 5) is 0. The van der Waals surface area contributed by atoms with E-state index in [0.29, 0.717) is 12.5 Å². The van der Waals surface area contributed by atoms with Crippen molar-refractivity contribution in [3.63, 3.8) is 0 Å². The second-order valence-electron chi connectivity index (χ2n) is 5.60. The first-order valence-electron chi connectivity index (χ1n) is 6.42. The molecule has 0 spiro atoms. The quantitative estimate of drug-likeness (QED) is 0.756. The standard InChI is InChI=1S/C12H25NO3S/c1-9(2)12(8-14)13(7-11-5-6-11)17(15,16)10(3)4/h9-12,14H,5-8H2,1-4H3/t12-/m1/s1. The molecule has 0 bridgehead atoms. The van der Waals surface area contributed by atoms with Gasteiger partial charge in [-0.2, -0.15) is 4.31 Å². The predicted molar refractivity (Wildman–Crippen MR) is 69.2 cm³/mol. The molecule has 0 aromatic heterocycles. The normalized spacial score (nSPS) is 19.3. The molecule has 1 aliphatic rings. The Labute approximate surface area is 105 Å². The molecule has 0 aromatic rings.